The van der Waals surface area contributed by atoms with Gasteiger partial charge in [0.25, 0.3) is 0 Å². The minimum Gasteiger partial charge on any atom is -0.355 e. The molecule has 0 bridgehead atoms. The van der Waals surface area contributed by atoms with Gasteiger partial charge in [-0.1, -0.05) is 29.8 Å². The summed E-state index contributed by atoms with van der Waals surface area (Å²) in [5.41, 5.74) is 2.73. The van der Waals surface area contributed by atoms with E-state index in [2.05, 4.69) is 10.6 Å². The van der Waals surface area contributed by atoms with Crippen LogP contribution in [-0.4, -0.2) is 38.3 Å². The third-order valence-corrected chi connectivity index (χ3v) is 5.65. The number of aryl methyl sites for hydroxylation is 1. The van der Waals surface area contributed by atoms with Gasteiger partial charge in [-0.3, -0.25) is 9.59 Å². The molecule has 0 radical (unpaired) electrons. The van der Waals surface area contributed by atoms with E-state index in [1.165, 1.54) is 23.9 Å². The van der Waals surface area contributed by atoms with Gasteiger partial charge in [-0.2, -0.15) is 0 Å². The first-order valence-electron chi connectivity index (χ1n) is 8.57. The summed E-state index contributed by atoms with van der Waals surface area (Å²) in [4.78, 5) is 23.8. The van der Waals surface area contributed by atoms with Gasteiger partial charge in [0.05, 0.1) is 16.4 Å². The van der Waals surface area contributed by atoms with Crippen LogP contribution >= 0.6 is 11.8 Å². The second-order valence-electron chi connectivity index (χ2n) is 6.20. The van der Waals surface area contributed by atoms with Gasteiger partial charge in [0.1, 0.15) is 0 Å². The van der Waals surface area contributed by atoms with Crippen molar-refractivity contribution in [3.05, 3.63) is 59.7 Å². The number of carbonyl (C=O) groups is 2. The number of hydrogen-bond donors (Lipinski definition) is 3. The molecule has 7 nitrogen and oxygen atoms in total. The van der Waals surface area contributed by atoms with Crippen molar-refractivity contribution >= 4 is 39.3 Å². The fourth-order valence-electron chi connectivity index (χ4n) is 2.31. The smallest absolute Gasteiger partial charge is 0.238 e. The van der Waals surface area contributed by atoms with Crippen molar-refractivity contribution in [3.8, 4) is 0 Å². The Bertz CT molecular complexity index is 911. The van der Waals surface area contributed by atoms with Gasteiger partial charge in [0.15, 0.2) is 0 Å². The lowest BCUT2D eigenvalue weighted by atomic mass is 10.1. The predicted molar refractivity (Wildman–Crippen MR) is 112 cm³/mol. The molecule has 0 atom stereocenters. The van der Waals surface area contributed by atoms with E-state index in [0.29, 0.717) is 13.0 Å². The number of rotatable bonds is 9. The number of anilines is 1. The molecule has 9 heteroatoms. The van der Waals surface area contributed by atoms with Crippen molar-refractivity contribution in [3.63, 3.8) is 0 Å². The van der Waals surface area contributed by atoms with Gasteiger partial charge in [0.2, 0.25) is 21.8 Å². The number of nitrogens with one attached hydrogen (secondary N) is 2. The predicted octanol–water partition coefficient (Wildman–Crippen LogP) is 1.67. The number of sulfonamides is 1. The molecule has 0 spiro atoms. The SMILES string of the molecule is Cc1ccc(NC(=O)CSCC(=O)NCCc2ccc(S(N)(=O)=O)cc2)cc1. The number of amides is 2. The average molecular weight is 422 g/mol. The highest BCUT2D eigenvalue weighted by Gasteiger charge is 2.08. The van der Waals surface area contributed by atoms with E-state index in [1.54, 1.807) is 12.1 Å². The highest BCUT2D eigenvalue weighted by molar-refractivity contribution is 8.00. The van der Waals surface area contributed by atoms with E-state index in [-0.39, 0.29) is 28.2 Å². The highest BCUT2D eigenvalue weighted by atomic mass is 32.2. The van der Waals surface area contributed by atoms with Crippen molar-refractivity contribution in [2.24, 2.45) is 5.14 Å². The molecule has 0 aliphatic rings. The number of thioether (sulfide) groups is 1. The fraction of sp³-hybridized carbons (Fsp3) is 0.263. The van der Waals surface area contributed by atoms with Gasteiger partial charge in [-0.05, 0) is 43.2 Å². The third-order valence-electron chi connectivity index (χ3n) is 3.79. The van der Waals surface area contributed by atoms with Crippen LogP contribution in [0.4, 0.5) is 5.69 Å². The van der Waals surface area contributed by atoms with E-state index >= 15 is 0 Å². The normalized spacial score (nSPS) is 11.1. The lowest BCUT2D eigenvalue weighted by Crippen LogP contribution is -2.28. The summed E-state index contributed by atoms with van der Waals surface area (Å²) in [6.07, 6.45) is 0.565. The Hall–Kier alpha value is -2.36. The topological polar surface area (TPSA) is 118 Å². The lowest BCUT2D eigenvalue weighted by Gasteiger charge is -2.07. The Morgan fingerprint density at radius 3 is 2.18 bits per heavy atom. The summed E-state index contributed by atoms with van der Waals surface area (Å²) in [5.74, 6) is 0.0630. The zero-order valence-corrected chi connectivity index (χ0v) is 17.1. The maximum absolute atomic E-state index is 11.9. The molecule has 2 aromatic rings. The molecule has 0 fully saturated rings. The van der Waals surface area contributed by atoms with Crippen LogP contribution in [0.15, 0.2) is 53.4 Å². The van der Waals surface area contributed by atoms with Gasteiger partial charge < -0.3 is 10.6 Å². The maximum Gasteiger partial charge on any atom is 0.238 e. The molecule has 2 amide bonds. The second kappa shape index (κ2) is 10.3. The molecule has 28 heavy (non-hydrogen) atoms. The van der Waals surface area contributed by atoms with E-state index in [1.807, 2.05) is 31.2 Å². The zero-order chi connectivity index (χ0) is 20.6. The molecule has 0 aliphatic heterocycles. The van der Waals surface area contributed by atoms with E-state index < -0.39 is 10.0 Å². The van der Waals surface area contributed by atoms with Crippen LogP contribution in [0.1, 0.15) is 11.1 Å². The summed E-state index contributed by atoms with van der Waals surface area (Å²) in [5, 5.41) is 10.6. The van der Waals surface area contributed by atoms with Gasteiger partial charge >= 0.3 is 0 Å². The second-order valence-corrected chi connectivity index (χ2v) is 8.74. The molecule has 0 saturated heterocycles. The Balaban J connectivity index is 1.63. The molecule has 4 N–H and O–H groups in total. The van der Waals surface area contributed by atoms with Crippen LogP contribution in [0.3, 0.4) is 0 Å². The molecular formula is C19H23N3O4S2. The number of primary sulfonamides is 1. The summed E-state index contributed by atoms with van der Waals surface area (Å²) in [7, 11) is -3.70. The van der Waals surface area contributed by atoms with Crippen LogP contribution in [0, 0.1) is 6.92 Å². The van der Waals surface area contributed by atoms with Gasteiger partial charge in [-0.15, -0.1) is 11.8 Å². The average Bonchev–Trinajstić information content (AvgIpc) is 2.63. The first-order valence-corrected chi connectivity index (χ1v) is 11.3. The van der Waals surface area contributed by atoms with Crippen LogP contribution in [0.5, 0.6) is 0 Å². The van der Waals surface area contributed by atoms with Crippen molar-refractivity contribution in [2.75, 3.05) is 23.4 Å². The minimum absolute atomic E-state index is 0.0561. The number of carbonyl (C=O) groups excluding carboxylic acids is 2. The zero-order valence-electron chi connectivity index (χ0n) is 15.5. The van der Waals surface area contributed by atoms with E-state index in [9.17, 15) is 18.0 Å². The lowest BCUT2D eigenvalue weighted by molar-refractivity contribution is -0.118. The summed E-state index contributed by atoms with van der Waals surface area (Å²) >= 11 is 1.24. The van der Waals surface area contributed by atoms with Crippen LogP contribution in [0.25, 0.3) is 0 Å². The van der Waals surface area contributed by atoms with Crippen LogP contribution in [-0.2, 0) is 26.0 Å². The Kier molecular flexibility index (Phi) is 8.04. The maximum atomic E-state index is 11.9. The molecule has 2 rings (SSSR count). The standard InChI is InChI=1S/C19H23N3O4S2/c1-14-2-6-16(7-3-14)22-19(24)13-27-12-18(23)21-11-10-15-4-8-17(9-5-15)28(20,25)26/h2-9H,10-13H2,1H3,(H,21,23)(H,22,24)(H2,20,25,26). The Morgan fingerprint density at radius 2 is 1.57 bits per heavy atom. The first-order chi connectivity index (χ1) is 13.2. The Morgan fingerprint density at radius 1 is 0.964 bits per heavy atom. The fourth-order valence-corrected chi connectivity index (χ4v) is 3.48. The van der Waals surface area contributed by atoms with Crippen LogP contribution < -0.4 is 15.8 Å². The van der Waals surface area contributed by atoms with Gasteiger partial charge in [-0.25, -0.2) is 13.6 Å². The first kappa shape index (κ1) is 21.9. The van der Waals surface area contributed by atoms with Crippen molar-refractivity contribution in [2.45, 2.75) is 18.2 Å². The summed E-state index contributed by atoms with van der Waals surface area (Å²) in [6, 6.07) is 13.7. The highest BCUT2D eigenvalue weighted by Crippen LogP contribution is 2.10. The van der Waals surface area contributed by atoms with E-state index in [0.717, 1.165) is 16.8 Å². The molecule has 0 unspecified atom stereocenters. The Labute approximate surface area is 169 Å². The molecule has 2 aromatic carbocycles. The molecule has 0 aliphatic carbocycles. The molecule has 0 heterocycles. The van der Waals surface area contributed by atoms with Gasteiger partial charge in [0, 0.05) is 12.2 Å². The minimum atomic E-state index is -3.70. The quantitative estimate of drug-likeness (QED) is 0.569. The molecular weight excluding hydrogens is 398 g/mol. The van der Waals surface area contributed by atoms with E-state index in [4.69, 9.17) is 5.14 Å². The molecule has 0 saturated carbocycles. The summed E-state index contributed by atoms with van der Waals surface area (Å²) in [6.45, 7) is 2.39. The van der Waals surface area contributed by atoms with Crippen molar-refractivity contribution < 1.29 is 18.0 Å². The van der Waals surface area contributed by atoms with Crippen LogP contribution in [0.2, 0.25) is 0 Å². The monoisotopic (exact) mass is 421 g/mol. The van der Waals surface area contributed by atoms with Crippen molar-refractivity contribution in [1.82, 2.24) is 5.32 Å². The largest absolute Gasteiger partial charge is 0.355 e. The van der Waals surface area contributed by atoms with Crippen molar-refractivity contribution in [1.29, 1.82) is 0 Å². The third kappa shape index (κ3) is 7.71. The number of nitrogens with two attached hydrogens (primary N) is 1. The summed E-state index contributed by atoms with van der Waals surface area (Å²) < 4.78 is 22.4. The number of benzene rings is 2. The molecule has 150 valence electrons. The molecule has 0 aromatic heterocycles. The number of hydrogen-bond acceptors (Lipinski definition) is 5.